The number of hydrogen-bond acceptors (Lipinski definition) is 3. The van der Waals surface area contributed by atoms with Crippen LogP contribution in [0.3, 0.4) is 0 Å². The number of aliphatic imine (C=N–C) groups is 1. The molecule has 0 saturated heterocycles. The number of nitrogens with zero attached hydrogens (tertiary/aromatic N) is 1. The van der Waals surface area contributed by atoms with Gasteiger partial charge >= 0.3 is 5.97 Å². The standard InChI is InChI=1S/C16H11F2NO3/c1-9(20)15-13(16(21)22)6-12(18)7-14(15)19-8-10-2-4-11(17)5-3-10/h2-8H,1H3,(H,21,22). The molecule has 4 nitrogen and oxygen atoms in total. The highest BCUT2D eigenvalue weighted by atomic mass is 19.1. The lowest BCUT2D eigenvalue weighted by Gasteiger charge is -2.07. The van der Waals surface area contributed by atoms with Crippen molar-refractivity contribution in [1.29, 1.82) is 0 Å². The molecule has 2 rings (SSSR count). The third-order valence-corrected chi connectivity index (χ3v) is 2.89. The van der Waals surface area contributed by atoms with Crippen molar-refractivity contribution in [2.75, 3.05) is 0 Å². The Bertz CT molecular complexity index is 768. The zero-order chi connectivity index (χ0) is 16.3. The predicted octanol–water partition coefficient (Wildman–Crippen LogP) is 3.62. The number of ketones is 1. The second-order valence-electron chi connectivity index (χ2n) is 4.52. The van der Waals surface area contributed by atoms with Gasteiger partial charge < -0.3 is 5.11 Å². The minimum Gasteiger partial charge on any atom is -0.478 e. The Hall–Kier alpha value is -2.89. The highest BCUT2D eigenvalue weighted by molar-refractivity contribution is 6.08. The van der Waals surface area contributed by atoms with Gasteiger partial charge in [-0.3, -0.25) is 9.79 Å². The summed E-state index contributed by atoms with van der Waals surface area (Å²) in [5.41, 5.74) is -0.183. The summed E-state index contributed by atoms with van der Waals surface area (Å²) in [6, 6.07) is 7.09. The fraction of sp³-hybridized carbons (Fsp3) is 0.0625. The summed E-state index contributed by atoms with van der Waals surface area (Å²) in [6.07, 6.45) is 1.30. The van der Waals surface area contributed by atoms with E-state index < -0.39 is 29.0 Å². The number of benzene rings is 2. The molecule has 0 fully saturated rings. The zero-order valence-electron chi connectivity index (χ0n) is 11.5. The Kier molecular flexibility index (Phi) is 4.41. The molecule has 112 valence electrons. The zero-order valence-corrected chi connectivity index (χ0v) is 11.5. The van der Waals surface area contributed by atoms with Crippen molar-refractivity contribution >= 4 is 23.7 Å². The lowest BCUT2D eigenvalue weighted by molar-refractivity contribution is 0.0692. The minimum absolute atomic E-state index is 0.0887. The molecule has 0 aliphatic heterocycles. The maximum Gasteiger partial charge on any atom is 0.336 e. The SMILES string of the molecule is CC(=O)c1c(N=Cc2ccc(F)cc2)cc(F)cc1C(=O)O. The van der Waals surface area contributed by atoms with Gasteiger partial charge in [0.15, 0.2) is 5.78 Å². The third kappa shape index (κ3) is 3.41. The van der Waals surface area contributed by atoms with E-state index in [-0.39, 0.29) is 11.3 Å². The Morgan fingerprint density at radius 3 is 2.27 bits per heavy atom. The van der Waals surface area contributed by atoms with Crippen LogP contribution < -0.4 is 0 Å². The van der Waals surface area contributed by atoms with Gasteiger partial charge in [-0.2, -0.15) is 0 Å². The molecule has 0 amide bonds. The molecule has 2 aromatic rings. The highest BCUT2D eigenvalue weighted by Gasteiger charge is 2.19. The van der Waals surface area contributed by atoms with Crippen LogP contribution >= 0.6 is 0 Å². The van der Waals surface area contributed by atoms with Crippen molar-refractivity contribution in [3.8, 4) is 0 Å². The number of carbonyl (C=O) groups is 2. The van der Waals surface area contributed by atoms with Crippen LogP contribution in [0.4, 0.5) is 14.5 Å². The van der Waals surface area contributed by atoms with E-state index >= 15 is 0 Å². The molecule has 0 aromatic heterocycles. The van der Waals surface area contributed by atoms with Crippen LogP contribution in [0, 0.1) is 11.6 Å². The fourth-order valence-corrected chi connectivity index (χ4v) is 1.93. The molecule has 22 heavy (non-hydrogen) atoms. The number of halogens is 2. The smallest absolute Gasteiger partial charge is 0.336 e. The van der Waals surface area contributed by atoms with E-state index in [4.69, 9.17) is 5.11 Å². The maximum absolute atomic E-state index is 13.5. The van der Waals surface area contributed by atoms with E-state index in [1.54, 1.807) is 0 Å². The number of hydrogen-bond donors (Lipinski definition) is 1. The van der Waals surface area contributed by atoms with Gasteiger partial charge in [-0.15, -0.1) is 0 Å². The first kappa shape index (κ1) is 15.5. The number of carbonyl (C=O) groups excluding carboxylic acids is 1. The molecule has 0 spiro atoms. The number of aromatic carboxylic acids is 1. The Balaban J connectivity index is 2.52. The van der Waals surface area contributed by atoms with Gasteiger partial charge in [0, 0.05) is 12.3 Å². The van der Waals surface area contributed by atoms with Crippen molar-refractivity contribution in [3.63, 3.8) is 0 Å². The molecule has 0 bridgehead atoms. The van der Waals surface area contributed by atoms with Crippen LogP contribution in [0.5, 0.6) is 0 Å². The number of carboxylic acid groups (broad SMARTS) is 1. The fourth-order valence-electron chi connectivity index (χ4n) is 1.93. The van der Waals surface area contributed by atoms with Gasteiger partial charge in [0.05, 0.1) is 16.8 Å². The summed E-state index contributed by atoms with van der Waals surface area (Å²) >= 11 is 0. The molecule has 0 heterocycles. The normalized spacial score (nSPS) is 10.9. The summed E-state index contributed by atoms with van der Waals surface area (Å²) in [7, 11) is 0. The number of carboxylic acids is 1. The maximum atomic E-state index is 13.5. The van der Waals surface area contributed by atoms with Crippen molar-refractivity contribution < 1.29 is 23.5 Å². The second kappa shape index (κ2) is 6.26. The van der Waals surface area contributed by atoms with E-state index in [0.29, 0.717) is 5.56 Å². The van der Waals surface area contributed by atoms with Crippen LogP contribution in [0.25, 0.3) is 0 Å². The van der Waals surface area contributed by atoms with Gasteiger partial charge in [0.1, 0.15) is 11.6 Å². The van der Waals surface area contributed by atoms with Crippen LogP contribution in [0.1, 0.15) is 33.2 Å². The molecular weight excluding hydrogens is 292 g/mol. The second-order valence-corrected chi connectivity index (χ2v) is 4.52. The summed E-state index contributed by atoms with van der Waals surface area (Å²) in [4.78, 5) is 26.7. The van der Waals surface area contributed by atoms with Crippen LogP contribution in [-0.2, 0) is 0 Å². The predicted molar refractivity (Wildman–Crippen MR) is 77.0 cm³/mol. The molecule has 1 N–H and O–H groups in total. The molecule has 0 atom stereocenters. The van der Waals surface area contributed by atoms with Gasteiger partial charge in [0.2, 0.25) is 0 Å². The highest BCUT2D eigenvalue weighted by Crippen LogP contribution is 2.25. The quantitative estimate of drug-likeness (QED) is 0.693. The van der Waals surface area contributed by atoms with Crippen molar-refractivity contribution in [2.45, 2.75) is 6.92 Å². The number of Topliss-reactive ketones (excluding diaryl/α,β-unsaturated/α-hetero) is 1. The molecule has 6 heteroatoms. The van der Waals surface area contributed by atoms with E-state index in [9.17, 15) is 18.4 Å². The Morgan fingerprint density at radius 1 is 1.09 bits per heavy atom. The third-order valence-electron chi connectivity index (χ3n) is 2.89. The summed E-state index contributed by atoms with van der Waals surface area (Å²) in [5, 5.41) is 9.07. The number of rotatable bonds is 4. The molecule has 0 saturated carbocycles. The lowest BCUT2D eigenvalue weighted by atomic mass is 10.0. The van der Waals surface area contributed by atoms with E-state index in [1.807, 2.05) is 0 Å². The van der Waals surface area contributed by atoms with Crippen molar-refractivity contribution in [2.24, 2.45) is 4.99 Å². The Morgan fingerprint density at radius 2 is 1.73 bits per heavy atom. The minimum atomic E-state index is -1.41. The molecule has 0 aliphatic rings. The topological polar surface area (TPSA) is 66.7 Å². The first-order valence-corrected chi connectivity index (χ1v) is 6.26. The van der Waals surface area contributed by atoms with Gasteiger partial charge in [-0.05, 0) is 30.7 Å². The van der Waals surface area contributed by atoms with Crippen LogP contribution in [0.2, 0.25) is 0 Å². The van der Waals surface area contributed by atoms with Crippen LogP contribution in [0.15, 0.2) is 41.4 Å². The molecule has 0 aliphatic carbocycles. The van der Waals surface area contributed by atoms with E-state index in [1.165, 1.54) is 37.4 Å². The average Bonchev–Trinajstić information content (AvgIpc) is 2.45. The average molecular weight is 303 g/mol. The summed E-state index contributed by atoms with van der Waals surface area (Å²) in [6.45, 7) is 1.18. The largest absolute Gasteiger partial charge is 0.478 e. The molecule has 2 aromatic carbocycles. The molecule has 0 radical (unpaired) electrons. The summed E-state index contributed by atoms with van der Waals surface area (Å²) < 4.78 is 26.3. The lowest BCUT2D eigenvalue weighted by Crippen LogP contribution is -2.07. The van der Waals surface area contributed by atoms with Gasteiger partial charge in [-0.25, -0.2) is 13.6 Å². The van der Waals surface area contributed by atoms with Gasteiger partial charge in [0.25, 0.3) is 0 Å². The van der Waals surface area contributed by atoms with Crippen LogP contribution in [-0.4, -0.2) is 23.1 Å². The monoisotopic (exact) mass is 303 g/mol. The molecular formula is C16H11F2NO3. The Labute approximate surface area is 124 Å². The first-order valence-electron chi connectivity index (χ1n) is 6.26. The van der Waals surface area contributed by atoms with E-state index in [0.717, 1.165) is 12.1 Å². The first-order chi connectivity index (χ1) is 10.4. The molecule has 0 unspecified atom stereocenters. The van der Waals surface area contributed by atoms with Gasteiger partial charge in [-0.1, -0.05) is 12.1 Å². The van der Waals surface area contributed by atoms with Crippen molar-refractivity contribution in [1.82, 2.24) is 0 Å². The summed E-state index contributed by atoms with van der Waals surface area (Å²) in [5.74, 6) is -3.18. The van der Waals surface area contributed by atoms with E-state index in [2.05, 4.69) is 4.99 Å². The van der Waals surface area contributed by atoms with Crippen molar-refractivity contribution in [3.05, 3.63) is 64.7 Å².